The average Bonchev–Trinajstić information content (AvgIpc) is 3.39. The molecule has 10 heteroatoms. The second-order valence-corrected chi connectivity index (χ2v) is 10.7. The Morgan fingerprint density at radius 2 is 1.65 bits per heavy atom. The van der Waals surface area contributed by atoms with Crippen LogP contribution in [0.4, 0.5) is 22.7 Å². The summed E-state index contributed by atoms with van der Waals surface area (Å²) in [4.78, 5) is 18.1. The number of halogens is 4. The van der Waals surface area contributed by atoms with Crippen LogP contribution in [-0.4, -0.2) is 28.2 Å². The number of benzene rings is 3. The molecule has 0 bridgehead atoms. The SMILES string of the molecule is Cc1cc(-c2csc(N(CCc3ccc(OC(C)(C)C(=O)O)cc3)Cc3ccc(C(F)(F)F)cc3)n2)ccc1F. The maximum absolute atomic E-state index is 13.8. The van der Waals surface area contributed by atoms with E-state index in [1.165, 1.54) is 43.4 Å². The van der Waals surface area contributed by atoms with E-state index in [0.29, 0.717) is 47.2 Å². The molecular formula is C30H28F4N2O3S. The number of thiazole rings is 1. The molecule has 0 atom stereocenters. The molecule has 0 unspecified atom stereocenters. The predicted molar refractivity (Wildman–Crippen MR) is 147 cm³/mol. The van der Waals surface area contributed by atoms with Crippen molar-refractivity contribution in [2.45, 2.75) is 45.5 Å². The largest absolute Gasteiger partial charge is 0.478 e. The molecule has 4 rings (SSSR count). The highest BCUT2D eigenvalue weighted by Gasteiger charge is 2.30. The summed E-state index contributed by atoms with van der Waals surface area (Å²) < 4.78 is 58.5. The summed E-state index contributed by atoms with van der Waals surface area (Å²) in [6, 6.07) is 17.0. The molecule has 0 radical (unpaired) electrons. The number of nitrogens with zero attached hydrogens (tertiary/aromatic N) is 2. The minimum Gasteiger partial charge on any atom is -0.478 e. The molecule has 0 fully saturated rings. The summed E-state index contributed by atoms with van der Waals surface area (Å²) in [5, 5.41) is 11.8. The van der Waals surface area contributed by atoms with Gasteiger partial charge in [0.05, 0.1) is 11.3 Å². The lowest BCUT2D eigenvalue weighted by molar-refractivity contribution is -0.152. The smallest absolute Gasteiger partial charge is 0.416 e. The number of carboxylic acids is 1. The Bertz CT molecular complexity index is 1470. The second kappa shape index (κ2) is 11.7. The summed E-state index contributed by atoms with van der Waals surface area (Å²) in [5.41, 5.74) is 1.54. The van der Waals surface area contributed by atoms with E-state index in [2.05, 4.69) is 0 Å². The second-order valence-electron chi connectivity index (χ2n) is 9.91. The minimum absolute atomic E-state index is 0.300. The third kappa shape index (κ3) is 7.18. The van der Waals surface area contributed by atoms with Gasteiger partial charge >= 0.3 is 12.1 Å². The van der Waals surface area contributed by atoms with E-state index in [9.17, 15) is 27.5 Å². The molecule has 3 aromatic carbocycles. The molecule has 4 aromatic rings. The van der Waals surface area contributed by atoms with E-state index in [1.54, 1.807) is 31.2 Å². The molecule has 0 spiro atoms. The highest BCUT2D eigenvalue weighted by Crippen LogP contribution is 2.32. The van der Waals surface area contributed by atoms with Crippen molar-refractivity contribution in [2.24, 2.45) is 0 Å². The zero-order chi connectivity index (χ0) is 29.1. The lowest BCUT2D eigenvalue weighted by Crippen LogP contribution is -2.37. The molecule has 0 amide bonds. The van der Waals surface area contributed by atoms with Crippen LogP contribution in [0, 0.1) is 12.7 Å². The summed E-state index contributed by atoms with van der Waals surface area (Å²) in [5.74, 6) is -0.947. The fourth-order valence-corrected chi connectivity index (χ4v) is 4.80. The van der Waals surface area contributed by atoms with Crippen LogP contribution >= 0.6 is 11.3 Å². The lowest BCUT2D eigenvalue weighted by atomic mass is 10.1. The Labute approximate surface area is 233 Å². The van der Waals surface area contributed by atoms with Crippen molar-refractivity contribution in [2.75, 3.05) is 11.4 Å². The van der Waals surface area contributed by atoms with Crippen molar-refractivity contribution in [1.82, 2.24) is 4.98 Å². The van der Waals surface area contributed by atoms with Gasteiger partial charge in [-0.3, -0.25) is 0 Å². The molecule has 40 heavy (non-hydrogen) atoms. The molecule has 0 aliphatic carbocycles. The summed E-state index contributed by atoms with van der Waals surface area (Å²) >= 11 is 1.40. The van der Waals surface area contributed by atoms with Gasteiger partial charge in [0.1, 0.15) is 11.6 Å². The van der Waals surface area contributed by atoms with Gasteiger partial charge in [0.15, 0.2) is 10.7 Å². The molecule has 210 valence electrons. The third-order valence-electron chi connectivity index (χ3n) is 6.35. The number of aliphatic carboxylic acids is 1. The number of aromatic nitrogens is 1. The standard InChI is InChI=1S/C30H28F4N2O3S/c1-19-16-22(8-13-25(19)31)26-18-40-28(35-26)36(17-21-4-9-23(10-5-21)30(32,33)34)15-14-20-6-11-24(12-7-20)39-29(2,3)27(37)38/h4-13,16,18H,14-15,17H2,1-3H3,(H,37,38). The van der Waals surface area contributed by atoms with Crippen molar-refractivity contribution in [3.05, 3.63) is 100 Å². The van der Waals surface area contributed by atoms with Gasteiger partial charge < -0.3 is 14.7 Å². The number of alkyl halides is 3. The first-order chi connectivity index (χ1) is 18.8. The predicted octanol–water partition coefficient (Wildman–Crippen LogP) is 7.77. The Balaban J connectivity index is 1.54. The number of carbonyl (C=O) groups is 1. The Hall–Kier alpha value is -3.92. The van der Waals surface area contributed by atoms with Crippen LogP contribution in [0.2, 0.25) is 0 Å². The summed E-state index contributed by atoms with van der Waals surface area (Å²) in [6.45, 7) is 5.47. The molecular weight excluding hydrogens is 544 g/mol. The van der Waals surface area contributed by atoms with Crippen LogP contribution in [0.1, 0.15) is 36.1 Å². The quantitative estimate of drug-likeness (QED) is 0.197. The number of hydrogen-bond acceptors (Lipinski definition) is 5. The maximum Gasteiger partial charge on any atom is 0.416 e. The van der Waals surface area contributed by atoms with Crippen LogP contribution in [0.5, 0.6) is 5.75 Å². The van der Waals surface area contributed by atoms with Crippen molar-refractivity contribution >= 4 is 22.4 Å². The van der Waals surface area contributed by atoms with Crippen molar-refractivity contribution in [1.29, 1.82) is 0 Å². The topological polar surface area (TPSA) is 62.7 Å². The van der Waals surface area contributed by atoms with Gasteiger partial charge in [0.2, 0.25) is 0 Å². The first-order valence-electron chi connectivity index (χ1n) is 12.5. The summed E-state index contributed by atoms with van der Waals surface area (Å²) in [6.07, 6.45) is -3.82. The van der Waals surface area contributed by atoms with Crippen molar-refractivity contribution < 1.29 is 32.2 Å². The van der Waals surface area contributed by atoms with Gasteiger partial charge in [-0.25, -0.2) is 14.2 Å². The fourth-order valence-electron chi connectivity index (χ4n) is 3.93. The molecule has 0 saturated heterocycles. The van der Waals surface area contributed by atoms with E-state index in [1.807, 2.05) is 22.4 Å². The Kier molecular flexibility index (Phi) is 8.48. The van der Waals surface area contributed by atoms with E-state index < -0.39 is 23.3 Å². The van der Waals surface area contributed by atoms with Gasteiger partial charge in [-0.1, -0.05) is 24.3 Å². The molecule has 0 aliphatic heterocycles. The molecule has 0 saturated carbocycles. The summed E-state index contributed by atoms with van der Waals surface area (Å²) in [7, 11) is 0. The number of anilines is 1. The van der Waals surface area contributed by atoms with E-state index in [4.69, 9.17) is 9.72 Å². The van der Waals surface area contributed by atoms with Gasteiger partial charge in [-0.15, -0.1) is 11.3 Å². The van der Waals surface area contributed by atoms with Crippen LogP contribution in [-0.2, 0) is 23.9 Å². The van der Waals surface area contributed by atoms with Gasteiger partial charge in [0.25, 0.3) is 0 Å². The average molecular weight is 573 g/mol. The monoisotopic (exact) mass is 572 g/mol. The molecule has 1 heterocycles. The van der Waals surface area contributed by atoms with Crippen LogP contribution in [0.3, 0.4) is 0 Å². The normalized spacial score (nSPS) is 11.9. The van der Waals surface area contributed by atoms with Crippen molar-refractivity contribution in [3.8, 4) is 17.0 Å². The Morgan fingerprint density at radius 3 is 2.25 bits per heavy atom. The van der Waals surface area contributed by atoms with Gasteiger partial charge in [-0.2, -0.15) is 13.2 Å². The fraction of sp³-hybridized carbons (Fsp3) is 0.267. The zero-order valence-electron chi connectivity index (χ0n) is 22.1. The molecule has 0 aliphatic rings. The number of aryl methyl sites for hydroxylation is 1. The Morgan fingerprint density at radius 1 is 1.00 bits per heavy atom. The van der Waals surface area contributed by atoms with Crippen molar-refractivity contribution in [3.63, 3.8) is 0 Å². The zero-order valence-corrected chi connectivity index (χ0v) is 22.9. The van der Waals surface area contributed by atoms with Crippen LogP contribution < -0.4 is 9.64 Å². The molecule has 5 nitrogen and oxygen atoms in total. The number of hydrogen-bond donors (Lipinski definition) is 1. The number of rotatable bonds is 10. The first kappa shape index (κ1) is 29.1. The van der Waals surface area contributed by atoms with Crippen LogP contribution in [0.15, 0.2) is 72.1 Å². The highest BCUT2D eigenvalue weighted by atomic mass is 32.1. The third-order valence-corrected chi connectivity index (χ3v) is 7.25. The first-order valence-corrected chi connectivity index (χ1v) is 13.3. The lowest BCUT2D eigenvalue weighted by Gasteiger charge is -2.23. The van der Waals surface area contributed by atoms with Gasteiger partial charge in [-0.05, 0) is 86.3 Å². The molecule has 1 aromatic heterocycles. The van der Waals surface area contributed by atoms with E-state index in [0.717, 1.165) is 23.3 Å². The molecule has 1 N–H and O–H groups in total. The minimum atomic E-state index is -4.41. The van der Waals surface area contributed by atoms with Crippen LogP contribution in [0.25, 0.3) is 11.3 Å². The van der Waals surface area contributed by atoms with E-state index >= 15 is 0 Å². The van der Waals surface area contributed by atoms with Gasteiger partial charge in [0, 0.05) is 24.0 Å². The van der Waals surface area contributed by atoms with E-state index in [-0.39, 0.29) is 5.82 Å². The maximum atomic E-state index is 13.8. The number of carboxylic acid groups (broad SMARTS) is 1. The highest BCUT2D eigenvalue weighted by molar-refractivity contribution is 7.14. The number of ether oxygens (including phenoxy) is 1.